The second-order valence-electron chi connectivity index (χ2n) is 5.89. The molecule has 2 unspecified atom stereocenters. The number of rotatable bonds is 8. The number of aromatic nitrogens is 1. The molecule has 1 heterocycles. The molecule has 0 aliphatic heterocycles. The van der Waals surface area contributed by atoms with Crippen molar-refractivity contribution in [1.29, 1.82) is 0 Å². The molecule has 0 aliphatic rings. The monoisotopic (exact) mass is 281 g/mol. The molecule has 1 aromatic heterocycles. The number of hydrogen-bond acceptors (Lipinski definition) is 3. The normalized spacial score (nSPS) is 14.8. The van der Waals surface area contributed by atoms with Gasteiger partial charge in [-0.05, 0) is 37.6 Å². The van der Waals surface area contributed by atoms with Gasteiger partial charge in [-0.3, -0.25) is 4.98 Å². The van der Waals surface area contributed by atoms with Crippen molar-refractivity contribution in [3.05, 3.63) is 29.8 Å². The van der Waals surface area contributed by atoms with E-state index in [1.165, 1.54) is 12.3 Å². The van der Waals surface area contributed by atoms with E-state index in [4.69, 9.17) is 0 Å². The molecular weight excluding hydrogens is 253 g/mol. The van der Waals surface area contributed by atoms with Crippen molar-refractivity contribution >= 4 is 0 Å². The summed E-state index contributed by atoms with van der Waals surface area (Å²) in [5, 5.41) is 3.31. The molecule has 0 bridgehead atoms. The van der Waals surface area contributed by atoms with Crippen LogP contribution in [0.1, 0.15) is 39.4 Å². The van der Waals surface area contributed by atoms with Crippen LogP contribution in [0.3, 0.4) is 0 Å². The predicted molar refractivity (Wildman–Crippen MR) is 82.1 cm³/mol. The average molecular weight is 281 g/mol. The van der Waals surface area contributed by atoms with Crippen LogP contribution in [0.2, 0.25) is 0 Å². The predicted octanol–water partition coefficient (Wildman–Crippen LogP) is 3.10. The average Bonchev–Trinajstić information content (AvgIpc) is 2.40. The third-order valence-corrected chi connectivity index (χ3v) is 3.57. The number of halogens is 1. The molecule has 2 atom stereocenters. The fraction of sp³-hybridized carbons (Fsp3) is 0.688. The van der Waals surface area contributed by atoms with Crippen molar-refractivity contribution in [3.63, 3.8) is 0 Å². The number of pyridine rings is 1. The Kier molecular flexibility index (Phi) is 7.10. The third-order valence-electron chi connectivity index (χ3n) is 3.57. The summed E-state index contributed by atoms with van der Waals surface area (Å²) < 4.78 is 13.0. The molecule has 114 valence electrons. The summed E-state index contributed by atoms with van der Waals surface area (Å²) in [4.78, 5) is 6.67. The van der Waals surface area contributed by atoms with Gasteiger partial charge in [0.05, 0.1) is 17.9 Å². The molecule has 0 radical (unpaired) electrons. The molecule has 4 heteroatoms. The van der Waals surface area contributed by atoms with Crippen LogP contribution < -0.4 is 5.32 Å². The van der Waals surface area contributed by atoms with E-state index in [0.717, 1.165) is 25.3 Å². The highest BCUT2D eigenvalue weighted by Crippen LogP contribution is 2.21. The van der Waals surface area contributed by atoms with Gasteiger partial charge in [-0.2, -0.15) is 0 Å². The highest BCUT2D eigenvalue weighted by Gasteiger charge is 2.21. The molecular formula is C16H28FN3. The van der Waals surface area contributed by atoms with Gasteiger partial charge in [0.1, 0.15) is 5.82 Å². The molecule has 0 saturated heterocycles. The fourth-order valence-corrected chi connectivity index (χ4v) is 2.66. The van der Waals surface area contributed by atoms with Gasteiger partial charge < -0.3 is 10.2 Å². The minimum Gasteiger partial charge on any atom is -0.311 e. The summed E-state index contributed by atoms with van der Waals surface area (Å²) in [5.41, 5.74) is 0.905. The molecule has 0 aliphatic carbocycles. The first-order valence-corrected chi connectivity index (χ1v) is 7.49. The van der Waals surface area contributed by atoms with E-state index >= 15 is 0 Å². The van der Waals surface area contributed by atoms with Crippen molar-refractivity contribution in [2.75, 3.05) is 26.7 Å². The van der Waals surface area contributed by atoms with Gasteiger partial charge in [0.15, 0.2) is 0 Å². The van der Waals surface area contributed by atoms with Crippen LogP contribution in [0.5, 0.6) is 0 Å². The van der Waals surface area contributed by atoms with E-state index in [9.17, 15) is 4.39 Å². The Morgan fingerprint density at radius 1 is 1.25 bits per heavy atom. The Hall–Kier alpha value is -1.00. The maximum atomic E-state index is 13.0. The van der Waals surface area contributed by atoms with Gasteiger partial charge in [-0.25, -0.2) is 4.39 Å². The third kappa shape index (κ3) is 5.17. The standard InChI is InChI=1S/C16H28FN3/c1-6-20(10-12(2)3)11-13(4)16(18-5)15-8-7-14(17)9-19-15/h7-9,12-13,16,18H,6,10-11H2,1-5H3. The lowest BCUT2D eigenvalue weighted by Gasteiger charge is -2.30. The Morgan fingerprint density at radius 3 is 2.40 bits per heavy atom. The quantitative estimate of drug-likeness (QED) is 0.793. The Bertz CT molecular complexity index is 378. The zero-order valence-corrected chi connectivity index (χ0v) is 13.4. The highest BCUT2D eigenvalue weighted by molar-refractivity contribution is 5.10. The van der Waals surface area contributed by atoms with Crippen molar-refractivity contribution in [2.24, 2.45) is 11.8 Å². The van der Waals surface area contributed by atoms with E-state index in [1.54, 1.807) is 6.07 Å². The zero-order chi connectivity index (χ0) is 15.1. The van der Waals surface area contributed by atoms with E-state index in [-0.39, 0.29) is 11.9 Å². The van der Waals surface area contributed by atoms with Crippen LogP contribution in [0.4, 0.5) is 4.39 Å². The maximum absolute atomic E-state index is 13.0. The van der Waals surface area contributed by atoms with E-state index < -0.39 is 0 Å². The van der Waals surface area contributed by atoms with E-state index in [1.807, 2.05) is 7.05 Å². The Labute approximate surface area is 122 Å². The first-order chi connectivity index (χ1) is 9.47. The number of nitrogens with one attached hydrogen (secondary N) is 1. The van der Waals surface area contributed by atoms with Crippen LogP contribution in [0.25, 0.3) is 0 Å². The zero-order valence-electron chi connectivity index (χ0n) is 13.4. The molecule has 0 saturated carbocycles. The van der Waals surface area contributed by atoms with Gasteiger partial charge in [-0.15, -0.1) is 0 Å². The molecule has 1 aromatic rings. The van der Waals surface area contributed by atoms with Crippen molar-refractivity contribution in [3.8, 4) is 0 Å². The molecule has 1 rings (SSSR count). The lowest BCUT2D eigenvalue weighted by atomic mass is 9.97. The maximum Gasteiger partial charge on any atom is 0.141 e. The fourth-order valence-electron chi connectivity index (χ4n) is 2.66. The van der Waals surface area contributed by atoms with Gasteiger partial charge in [0.2, 0.25) is 0 Å². The van der Waals surface area contributed by atoms with E-state index in [0.29, 0.717) is 11.8 Å². The van der Waals surface area contributed by atoms with Gasteiger partial charge in [0, 0.05) is 13.1 Å². The molecule has 1 N–H and O–H groups in total. The van der Waals surface area contributed by atoms with Crippen molar-refractivity contribution in [1.82, 2.24) is 15.2 Å². The summed E-state index contributed by atoms with van der Waals surface area (Å²) in [6.07, 6.45) is 1.29. The molecule has 3 nitrogen and oxygen atoms in total. The topological polar surface area (TPSA) is 28.2 Å². The summed E-state index contributed by atoms with van der Waals surface area (Å²) in [5.74, 6) is 0.794. The van der Waals surface area contributed by atoms with Crippen LogP contribution >= 0.6 is 0 Å². The van der Waals surface area contributed by atoms with Crippen LogP contribution in [-0.2, 0) is 0 Å². The summed E-state index contributed by atoms with van der Waals surface area (Å²) in [6, 6.07) is 3.40. The summed E-state index contributed by atoms with van der Waals surface area (Å²) >= 11 is 0. The second-order valence-corrected chi connectivity index (χ2v) is 5.89. The van der Waals surface area contributed by atoms with Crippen LogP contribution in [-0.4, -0.2) is 36.6 Å². The largest absolute Gasteiger partial charge is 0.311 e. The smallest absolute Gasteiger partial charge is 0.141 e. The molecule has 0 amide bonds. The van der Waals surface area contributed by atoms with Crippen LogP contribution in [0, 0.1) is 17.7 Å². The second kappa shape index (κ2) is 8.32. The van der Waals surface area contributed by atoms with E-state index in [2.05, 4.69) is 42.9 Å². The highest BCUT2D eigenvalue weighted by atomic mass is 19.1. The number of hydrogen-bond donors (Lipinski definition) is 1. The molecule has 0 aromatic carbocycles. The number of nitrogens with zero attached hydrogens (tertiary/aromatic N) is 2. The van der Waals surface area contributed by atoms with Gasteiger partial charge in [-0.1, -0.05) is 27.7 Å². The molecule has 0 spiro atoms. The SMILES string of the molecule is CCN(CC(C)C)CC(C)C(NC)c1ccc(F)cn1. The minimum atomic E-state index is -0.286. The van der Waals surface area contributed by atoms with Crippen LogP contribution in [0.15, 0.2) is 18.3 Å². The first-order valence-electron chi connectivity index (χ1n) is 7.49. The molecule has 0 fully saturated rings. The summed E-state index contributed by atoms with van der Waals surface area (Å²) in [6.45, 7) is 12.1. The lowest BCUT2D eigenvalue weighted by Crippen LogP contribution is -2.36. The van der Waals surface area contributed by atoms with Gasteiger partial charge in [0.25, 0.3) is 0 Å². The molecule has 20 heavy (non-hydrogen) atoms. The lowest BCUT2D eigenvalue weighted by molar-refractivity contribution is 0.201. The Morgan fingerprint density at radius 2 is 1.95 bits per heavy atom. The summed E-state index contributed by atoms with van der Waals surface area (Å²) in [7, 11) is 1.94. The minimum absolute atomic E-state index is 0.150. The first kappa shape index (κ1) is 17.1. The Balaban J connectivity index is 2.71. The van der Waals surface area contributed by atoms with Gasteiger partial charge >= 0.3 is 0 Å². The van der Waals surface area contributed by atoms with Crippen molar-refractivity contribution in [2.45, 2.75) is 33.7 Å². The van der Waals surface area contributed by atoms with Crippen molar-refractivity contribution < 1.29 is 4.39 Å².